The number of rotatable bonds is 6. The van der Waals surface area contributed by atoms with Crippen molar-refractivity contribution in [1.82, 2.24) is 4.90 Å². The molecule has 0 bridgehead atoms. The maximum Gasteiger partial charge on any atom is 0.0244 e. The van der Waals surface area contributed by atoms with Gasteiger partial charge in [-0.25, -0.2) is 0 Å². The van der Waals surface area contributed by atoms with Gasteiger partial charge in [0.1, 0.15) is 0 Å². The number of hydrogen-bond donors (Lipinski definition) is 1. The Balaban J connectivity index is 2.23. The highest BCUT2D eigenvalue weighted by molar-refractivity contribution is 7.99. The van der Waals surface area contributed by atoms with Crippen LogP contribution in [0.1, 0.15) is 39.5 Å². The van der Waals surface area contributed by atoms with Gasteiger partial charge in [-0.1, -0.05) is 13.3 Å². The first-order valence-electron chi connectivity index (χ1n) is 6.33. The van der Waals surface area contributed by atoms with Crippen LogP contribution < -0.4 is 5.73 Å². The van der Waals surface area contributed by atoms with Gasteiger partial charge in [-0.3, -0.25) is 4.90 Å². The van der Waals surface area contributed by atoms with Crippen LogP contribution in [0, 0.1) is 0 Å². The predicted molar refractivity (Wildman–Crippen MR) is 70.5 cm³/mol. The van der Waals surface area contributed by atoms with E-state index >= 15 is 0 Å². The highest BCUT2D eigenvalue weighted by Gasteiger charge is 2.24. The van der Waals surface area contributed by atoms with Gasteiger partial charge < -0.3 is 5.73 Å². The van der Waals surface area contributed by atoms with Crippen molar-refractivity contribution in [3.8, 4) is 0 Å². The van der Waals surface area contributed by atoms with Crippen molar-refractivity contribution < 1.29 is 0 Å². The smallest absolute Gasteiger partial charge is 0.0244 e. The van der Waals surface area contributed by atoms with Crippen molar-refractivity contribution in [3.63, 3.8) is 0 Å². The van der Waals surface area contributed by atoms with E-state index < -0.39 is 0 Å². The second-order valence-corrected chi connectivity index (χ2v) is 5.90. The van der Waals surface area contributed by atoms with Gasteiger partial charge in [0.05, 0.1) is 0 Å². The Kier molecular flexibility index (Phi) is 6.69. The SMILES string of the molecule is CCSCCCN1CCCCC1C(C)N. The van der Waals surface area contributed by atoms with Crippen LogP contribution in [-0.4, -0.2) is 41.6 Å². The van der Waals surface area contributed by atoms with Crippen molar-refractivity contribution >= 4 is 11.8 Å². The number of thioether (sulfide) groups is 1. The van der Waals surface area contributed by atoms with E-state index in [1.54, 1.807) is 0 Å². The van der Waals surface area contributed by atoms with E-state index in [1.807, 2.05) is 11.8 Å². The molecule has 90 valence electrons. The van der Waals surface area contributed by atoms with Gasteiger partial charge in [-0.15, -0.1) is 0 Å². The molecule has 1 heterocycles. The monoisotopic (exact) mass is 230 g/mol. The molecule has 0 amide bonds. The van der Waals surface area contributed by atoms with Gasteiger partial charge in [-0.05, 0) is 50.8 Å². The topological polar surface area (TPSA) is 29.3 Å². The molecule has 1 rings (SSSR count). The summed E-state index contributed by atoms with van der Waals surface area (Å²) >= 11 is 2.05. The second kappa shape index (κ2) is 7.53. The Morgan fingerprint density at radius 2 is 2.27 bits per heavy atom. The van der Waals surface area contributed by atoms with Gasteiger partial charge >= 0.3 is 0 Å². The molecular weight excluding hydrogens is 204 g/mol. The highest BCUT2D eigenvalue weighted by Crippen LogP contribution is 2.19. The fourth-order valence-electron chi connectivity index (χ4n) is 2.40. The maximum absolute atomic E-state index is 6.04. The molecule has 0 aromatic carbocycles. The van der Waals surface area contributed by atoms with Crippen molar-refractivity contribution in [2.45, 2.75) is 51.6 Å². The summed E-state index contributed by atoms with van der Waals surface area (Å²) in [6.45, 7) is 6.91. The predicted octanol–water partition coefficient (Wildman–Crippen LogP) is 2.33. The second-order valence-electron chi connectivity index (χ2n) is 4.51. The van der Waals surface area contributed by atoms with Gasteiger partial charge in [0.25, 0.3) is 0 Å². The van der Waals surface area contributed by atoms with E-state index in [1.165, 1.54) is 50.3 Å². The van der Waals surface area contributed by atoms with Crippen molar-refractivity contribution in [3.05, 3.63) is 0 Å². The minimum absolute atomic E-state index is 0.337. The summed E-state index contributed by atoms with van der Waals surface area (Å²) in [4.78, 5) is 2.62. The van der Waals surface area contributed by atoms with Gasteiger partial charge in [-0.2, -0.15) is 11.8 Å². The number of hydrogen-bond acceptors (Lipinski definition) is 3. The normalized spacial score (nSPS) is 25.4. The fourth-order valence-corrected chi connectivity index (χ4v) is 3.03. The van der Waals surface area contributed by atoms with Crippen LogP contribution in [0.5, 0.6) is 0 Å². The van der Waals surface area contributed by atoms with Crippen molar-refractivity contribution in [1.29, 1.82) is 0 Å². The molecule has 1 aliphatic heterocycles. The summed E-state index contributed by atoms with van der Waals surface area (Å²) in [6.07, 6.45) is 5.36. The average Bonchev–Trinajstić information content (AvgIpc) is 2.25. The van der Waals surface area contributed by atoms with E-state index in [2.05, 4.69) is 18.7 Å². The van der Waals surface area contributed by atoms with E-state index in [0.717, 1.165) is 0 Å². The number of nitrogens with zero attached hydrogens (tertiary/aromatic N) is 1. The summed E-state index contributed by atoms with van der Waals surface area (Å²) in [5.41, 5.74) is 6.04. The first-order chi connectivity index (χ1) is 7.25. The molecule has 1 fully saturated rings. The molecule has 2 N–H and O–H groups in total. The molecule has 1 saturated heterocycles. The molecule has 0 spiro atoms. The largest absolute Gasteiger partial charge is 0.327 e. The van der Waals surface area contributed by atoms with Crippen LogP contribution in [0.4, 0.5) is 0 Å². The fraction of sp³-hybridized carbons (Fsp3) is 1.00. The van der Waals surface area contributed by atoms with Crippen molar-refractivity contribution in [2.75, 3.05) is 24.6 Å². The molecule has 2 nitrogen and oxygen atoms in total. The van der Waals surface area contributed by atoms with Crippen LogP contribution in [0.3, 0.4) is 0 Å². The molecule has 3 heteroatoms. The third-order valence-electron chi connectivity index (χ3n) is 3.21. The maximum atomic E-state index is 6.04. The molecule has 1 aliphatic rings. The molecule has 15 heavy (non-hydrogen) atoms. The number of nitrogens with two attached hydrogens (primary N) is 1. The summed E-state index contributed by atoms with van der Waals surface area (Å²) in [5.74, 6) is 2.55. The molecule has 0 aliphatic carbocycles. The Morgan fingerprint density at radius 1 is 1.47 bits per heavy atom. The molecule has 2 atom stereocenters. The Hall–Kier alpha value is 0.270. The minimum Gasteiger partial charge on any atom is -0.327 e. The van der Waals surface area contributed by atoms with Crippen LogP contribution in [0.2, 0.25) is 0 Å². The van der Waals surface area contributed by atoms with E-state index in [-0.39, 0.29) is 0 Å². The Labute approximate surface area is 99.0 Å². The average molecular weight is 230 g/mol. The lowest BCUT2D eigenvalue weighted by Gasteiger charge is -2.38. The quantitative estimate of drug-likeness (QED) is 0.710. The minimum atomic E-state index is 0.337. The Morgan fingerprint density at radius 3 is 2.93 bits per heavy atom. The van der Waals surface area contributed by atoms with Crippen molar-refractivity contribution in [2.24, 2.45) is 5.73 Å². The summed E-state index contributed by atoms with van der Waals surface area (Å²) in [5, 5.41) is 0. The lowest BCUT2D eigenvalue weighted by atomic mass is 9.97. The van der Waals surface area contributed by atoms with E-state index in [9.17, 15) is 0 Å². The molecule has 0 aromatic rings. The zero-order valence-electron chi connectivity index (χ0n) is 10.2. The lowest BCUT2D eigenvalue weighted by Crippen LogP contribution is -2.49. The lowest BCUT2D eigenvalue weighted by molar-refractivity contribution is 0.131. The molecule has 0 saturated carbocycles. The zero-order valence-corrected chi connectivity index (χ0v) is 11.1. The van der Waals surface area contributed by atoms with Gasteiger partial charge in [0.2, 0.25) is 0 Å². The highest BCUT2D eigenvalue weighted by atomic mass is 32.2. The first-order valence-corrected chi connectivity index (χ1v) is 7.48. The number of likely N-dealkylation sites (tertiary alicyclic amines) is 1. The van der Waals surface area contributed by atoms with Gasteiger partial charge in [0, 0.05) is 12.1 Å². The van der Waals surface area contributed by atoms with Crippen LogP contribution in [-0.2, 0) is 0 Å². The molecular formula is C12H26N2S. The van der Waals surface area contributed by atoms with E-state index in [0.29, 0.717) is 12.1 Å². The van der Waals surface area contributed by atoms with Gasteiger partial charge in [0.15, 0.2) is 0 Å². The molecule has 0 radical (unpaired) electrons. The van der Waals surface area contributed by atoms with Crippen LogP contribution >= 0.6 is 11.8 Å². The van der Waals surface area contributed by atoms with Crippen LogP contribution in [0.25, 0.3) is 0 Å². The Bertz CT molecular complexity index is 162. The summed E-state index contributed by atoms with van der Waals surface area (Å²) in [7, 11) is 0. The third-order valence-corrected chi connectivity index (χ3v) is 4.19. The molecule has 0 aromatic heterocycles. The summed E-state index contributed by atoms with van der Waals surface area (Å²) < 4.78 is 0. The van der Waals surface area contributed by atoms with Crippen LogP contribution in [0.15, 0.2) is 0 Å². The standard InChI is InChI=1S/C12H26N2S/c1-3-15-10-6-9-14-8-5-4-7-12(14)11(2)13/h11-12H,3-10,13H2,1-2H3. The molecule has 2 unspecified atom stereocenters. The third kappa shape index (κ3) is 4.75. The summed E-state index contributed by atoms with van der Waals surface area (Å²) in [6, 6.07) is 0.981. The first kappa shape index (κ1) is 13.3. The zero-order chi connectivity index (χ0) is 11.1. The van der Waals surface area contributed by atoms with E-state index in [4.69, 9.17) is 5.73 Å². The number of piperidine rings is 1.